The number of nitrogens with one attached hydrogen (secondary N) is 3. The average molecular weight is 311 g/mol. The topological polar surface area (TPSA) is 91.8 Å². The van der Waals surface area contributed by atoms with E-state index >= 15 is 0 Å². The molecule has 0 saturated heterocycles. The van der Waals surface area contributed by atoms with Crippen LogP contribution in [0.5, 0.6) is 0 Å². The van der Waals surface area contributed by atoms with Gasteiger partial charge in [0.1, 0.15) is 5.82 Å². The Labute approximate surface area is 124 Å². The molecule has 116 valence electrons. The summed E-state index contributed by atoms with van der Waals surface area (Å²) >= 11 is 0. The number of aromatic amines is 1. The van der Waals surface area contributed by atoms with Crippen molar-refractivity contribution in [2.75, 3.05) is 0 Å². The molecule has 0 aliphatic rings. The van der Waals surface area contributed by atoms with E-state index in [0.717, 1.165) is 5.69 Å². The van der Waals surface area contributed by atoms with Crippen LogP contribution in [0.4, 0.5) is 0 Å². The van der Waals surface area contributed by atoms with Crippen molar-refractivity contribution in [3.05, 3.63) is 36.2 Å². The number of rotatable bonds is 7. The van der Waals surface area contributed by atoms with E-state index in [1.54, 1.807) is 23.0 Å². The minimum Gasteiger partial charge on any atom is -0.363 e. The summed E-state index contributed by atoms with van der Waals surface area (Å²) in [5.41, 5.74) is 0.834. The summed E-state index contributed by atoms with van der Waals surface area (Å²) in [5, 5.41) is 3.23. The highest BCUT2D eigenvalue weighted by molar-refractivity contribution is 7.89. The van der Waals surface area contributed by atoms with Crippen LogP contribution in [-0.4, -0.2) is 29.0 Å². The molecule has 2 rings (SSSR count). The number of nitrogens with zero attached hydrogens (tertiary/aromatic N) is 2. The molecule has 0 saturated carbocycles. The Morgan fingerprint density at radius 3 is 2.76 bits per heavy atom. The van der Waals surface area contributed by atoms with Gasteiger partial charge in [-0.3, -0.25) is 0 Å². The van der Waals surface area contributed by atoms with Crippen LogP contribution in [0.15, 0.2) is 29.6 Å². The highest BCUT2D eigenvalue weighted by Crippen LogP contribution is 2.11. The van der Waals surface area contributed by atoms with Crippen molar-refractivity contribution in [1.82, 2.24) is 24.6 Å². The molecule has 3 N–H and O–H groups in total. The molecule has 21 heavy (non-hydrogen) atoms. The Morgan fingerprint density at radius 1 is 1.38 bits per heavy atom. The van der Waals surface area contributed by atoms with E-state index in [2.05, 4.69) is 20.0 Å². The van der Waals surface area contributed by atoms with E-state index in [4.69, 9.17) is 0 Å². The first-order valence-electron chi connectivity index (χ1n) is 6.75. The monoisotopic (exact) mass is 311 g/mol. The van der Waals surface area contributed by atoms with E-state index < -0.39 is 10.0 Å². The summed E-state index contributed by atoms with van der Waals surface area (Å²) in [7, 11) is -1.71. The fraction of sp³-hybridized carbons (Fsp3) is 0.462. The van der Waals surface area contributed by atoms with Gasteiger partial charge in [0.15, 0.2) is 0 Å². The van der Waals surface area contributed by atoms with Gasteiger partial charge in [0.05, 0.1) is 11.4 Å². The third-order valence-corrected chi connectivity index (χ3v) is 4.45. The maximum Gasteiger partial charge on any atom is 0.242 e. The van der Waals surface area contributed by atoms with E-state index in [-0.39, 0.29) is 11.4 Å². The summed E-state index contributed by atoms with van der Waals surface area (Å²) < 4.78 is 28.7. The van der Waals surface area contributed by atoms with Crippen LogP contribution in [0.25, 0.3) is 0 Å². The van der Waals surface area contributed by atoms with E-state index in [1.807, 2.05) is 20.9 Å². The second-order valence-corrected chi connectivity index (χ2v) is 6.94. The van der Waals surface area contributed by atoms with Gasteiger partial charge in [-0.05, 0) is 6.07 Å². The molecular formula is C13H21N5O2S. The lowest BCUT2D eigenvalue weighted by molar-refractivity contribution is 0.577. The van der Waals surface area contributed by atoms with Gasteiger partial charge in [0.2, 0.25) is 10.0 Å². The highest BCUT2D eigenvalue weighted by Gasteiger charge is 2.16. The van der Waals surface area contributed by atoms with E-state index in [0.29, 0.717) is 18.4 Å². The number of imidazole rings is 1. The third-order valence-electron chi connectivity index (χ3n) is 3.07. The Balaban J connectivity index is 2.01. The van der Waals surface area contributed by atoms with E-state index in [1.165, 1.54) is 6.20 Å². The number of H-pyrrole nitrogens is 1. The quantitative estimate of drug-likeness (QED) is 0.703. The normalized spacial score (nSPS) is 12.2. The number of hydrogen-bond donors (Lipinski definition) is 3. The molecule has 0 radical (unpaired) electrons. The molecule has 0 amide bonds. The van der Waals surface area contributed by atoms with Crippen LogP contribution in [0.3, 0.4) is 0 Å². The molecule has 0 spiro atoms. The van der Waals surface area contributed by atoms with Gasteiger partial charge in [-0.15, -0.1) is 0 Å². The molecule has 2 heterocycles. The molecule has 2 aromatic rings. The zero-order valence-electron chi connectivity index (χ0n) is 12.4. The fourth-order valence-corrected chi connectivity index (χ4v) is 2.80. The van der Waals surface area contributed by atoms with Crippen LogP contribution < -0.4 is 10.0 Å². The maximum atomic E-state index is 12.2. The van der Waals surface area contributed by atoms with Gasteiger partial charge >= 0.3 is 0 Å². The first-order chi connectivity index (χ1) is 9.88. The number of hydrogen-bond acceptors (Lipinski definition) is 4. The fourth-order valence-electron chi connectivity index (χ4n) is 1.80. The van der Waals surface area contributed by atoms with Gasteiger partial charge in [-0.2, -0.15) is 0 Å². The van der Waals surface area contributed by atoms with Gasteiger partial charge < -0.3 is 14.9 Å². The third kappa shape index (κ3) is 4.16. The average Bonchev–Trinajstić information content (AvgIpc) is 3.03. The van der Waals surface area contributed by atoms with Crippen LogP contribution in [0.1, 0.15) is 25.4 Å². The number of aryl methyl sites for hydroxylation is 1. The van der Waals surface area contributed by atoms with Gasteiger partial charge in [-0.25, -0.2) is 18.1 Å². The Kier molecular flexibility index (Phi) is 4.81. The van der Waals surface area contributed by atoms with Crippen molar-refractivity contribution in [3.63, 3.8) is 0 Å². The molecule has 0 aromatic carbocycles. The van der Waals surface area contributed by atoms with Crippen LogP contribution in [-0.2, 0) is 30.2 Å². The van der Waals surface area contributed by atoms with Crippen LogP contribution in [0, 0.1) is 0 Å². The maximum absolute atomic E-state index is 12.2. The molecular weight excluding hydrogens is 290 g/mol. The van der Waals surface area contributed by atoms with Gasteiger partial charge in [0, 0.05) is 43.9 Å². The molecule has 0 atom stereocenters. The molecule has 2 aromatic heterocycles. The predicted octanol–water partition coefficient (Wildman–Crippen LogP) is 0.725. The molecule has 7 nitrogen and oxygen atoms in total. The standard InChI is InChI=1S/C13H21N5O2S/c1-10(2)15-7-11-6-12(8-16-11)21(19,20)17-9-13-14-4-5-18(13)3/h4-6,8,10,15-17H,7,9H2,1-3H3. The molecule has 0 bridgehead atoms. The summed E-state index contributed by atoms with van der Waals surface area (Å²) in [6.07, 6.45) is 4.91. The lowest BCUT2D eigenvalue weighted by Crippen LogP contribution is -2.24. The predicted molar refractivity (Wildman–Crippen MR) is 80.0 cm³/mol. The van der Waals surface area contributed by atoms with Crippen LogP contribution >= 0.6 is 0 Å². The zero-order valence-corrected chi connectivity index (χ0v) is 13.2. The van der Waals surface area contributed by atoms with Crippen molar-refractivity contribution in [3.8, 4) is 0 Å². The molecule has 0 fully saturated rings. The highest BCUT2D eigenvalue weighted by atomic mass is 32.2. The summed E-state index contributed by atoms with van der Waals surface area (Å²) in [6.45, 7) is 4.84. The van der Waals surface area contributed by atoms with Gasteiger partial charge in [-0.1, -0.05) is 13.8 Å². The van der Waals surface area contributed by atoms with Gasteiger partial charge in [0.25, 0.3) is 0 Å². The number of aromatic nitrogens is 3. The first kappa shape index (κ1) is 15.7. The minimum atomic E-state index is -3.53. The lowest BCUT2D eigenvalue weighted by atomic mass is 10.3. The Bertz CT molecular complexity index is 687. The molecule has 0 aliphatic carbocycles. The molecule has 8 heteroatoms. The first-order valence-corrected chi connectivity index (χ1v) is 8.23. The smallest absolute Gasteiger partial charge is 0.242 e. The lowest BCUT2D eigenvalue weighted by Gasteiger charge is -2.06. The molecule has 0 unspecified atom stereocenters. The second kappa shape index (κ2) is 6.42. The second-order valence-electron chi connectivity index (χ2n) is 5.18. The van der Waals surface area contributed by atoms with Crippen molar-refractivity contribution < 1.29 is 8.42 Å². The van der Waals surface area contributed by atoms with Crippen LogP contribution in [0.2, 0.25) is 0 Å². The van der Waals surface area contributed by atoms with E-state index in [9.17, 15) is 8.42 Å². The molecule has 0 aliphatic heterocycles. The number of sulfonamides is 1. The van der Waals surface area contributed by atoms with Crippen molar-refractivity contribution in [1.29, 1.82) is 0 Å². The summed E-state index contributed by atoms with van der Waals surface area (Å²) in [4.78, 5) is 7.29. The SMILES string of the molecule is CC(C)NCc1cc(S(=O)(=O)NCc2nccn2C)c[nH]1. The van der Waals surface area contributed by atoms with Crippen molar-refractivity contribution >= 4 is 10.0 Å². The van der Waals surface area contributed by atoms with Crippen molar-refractivity contribution in [2.24, 2.45) is 7.05 Å². The Hall–Kier alpha value is -1.64. The zero-order chi connectivity index (χ0) is 15.5. The minimum absolute atomic E-state index is 0.163. The van der Waals surface area contributed by atoms with Crippen molar-refractivity contribution in [2.45, 2.75) is 37.9 Å². The largest absolute Gasteiger partial charge is 0.363 e. The summed E-state index contributed by atoms with van der Waals surface area (Å²) in [6, 6.07) is 1.98. The Morgan fingerprint density at radius 2 is 2.14 bits per heavy atom. The summed E-state index contributed by atoms with van der Waals surface area (Å²) in [5.74, 6) is 0.663.